The van der Waals surface area contributed by atoms with E-state index in [1.165, 1.54) is 4.90 Å². The predicted molar refractivity (Wildman–Crippen MR) is 159 cm³/mol. The second-order valence-electron chi connectivity index (χ2n) is 12.6. The molecule has 1 spiro atoms. The predicted octanol–water partition coefficient (Wildman–Crippen LogP) is 5.04. The lowest BCUT2D eigenvalue weighted by atomic mass is 9.70. The first-order valence-electron chi connectivity index (χ1n) is 14.9. The number of aliphatic hydroxyl groups excluding tert-OH is 1. The highest BCUT2D eigenvalue weighted by atomic mass is 16.3. The number of nitrogens with one attached hydrogen (secondary N) is 1. The molecule has 8 nitrogen and oxygen atoms in total. The average molecular weight is 568 g/mol. The molecule has 0 radical (unpaired) electrons. The number of hydrogen-bond donors (Lipinski definition) is 2. The highest BCUT2D eigenvalue weighted by Gasteiger charge is 2.70. The summed E-state index contributed by atoms with van der Waals surface area (Å²) in [5.74, 6) is -2.99. The molecule has 2 aliphatic carbocycles. The smallest absolute Gasteiger partial charge is 0.296 e. The van der Waals surface area contributed by atoms with Crippen molar-refractivity contribution in [3.8, 4) is 0 Å². The molecular formula is C34H37N3O5. The summed E-state index contributed by atoms with van der Waals surface area (Å²) in [5.41, 5.74) is -0.776. The Bertz CT molecular complexity index is 1500. The first-order valence-corrected chi connectivity index (χ1v) is 14.9. The molecule has 218 valence electrons. The molecule has 1 atom stereocenters. The second kappa shape index (κ2) is 10.6. The largest absolute Gasteiger partial charge is 0.507 e. The Morgan fingerprint density at radius 1 is 0.905 bits per heavy atom. The van der Waals surface area contributed by atoms with Crippen LogP contribution in [0, 0.1) is 5.41 Å². The summed E-state index contributed by atoms with van der Waals surface area (Å²) in [6.45, 7) is 4.24. The number of benzene rings is 2. The van der Waals surface area contributed by atoms with Crippen LogP contribution in [-0.2, 0) is 19.2 Å². The van der Waals surface area contributed by atoms with Crippen LogP contribution in [-0.4, -0.2) is 63.0 Å². The number of carbonyl (C=O) groups is 4. The fourth-order valence-electron chi connectivity index (χ4n) is 7.35. The zero-order valence-corrected chi connectivity index (χ0v) is 24.2. The van der Waals surface area contributed by atoms with Crippen LogP contribution in [0.4, 0.5) is 5.69 Å². The fourth-order valence-corrected chi connectivity index (χ4v) is 7.35. The van der Waals surface area contributed by atoms with Gasteiger partial charge in [0.15, 0.2) is 11.3 Å². The summed E-state index contributed by atoms with van der Waals surface area (Å²) < 4.78 is 0. The van der Waals surface area contributed by atoms with Crippen LogP contribution in [0.25, 0.3) is 5.76 Å². The van der Waals surface area contributed by atoms with Gasteiger partial charge in [-0.25, -0.2) is 0 Å². The minimum atomic E-state index is -2.01. The number of anilines is 1. The molecule has 1 saturated heterocycles. The highest BCUT2D eigenvalue weighted by molar-refractivity contribution is 6.50. The molecule has 2 fully saturated rings. The Morgan fingerprint density at radius 2 is 1.55 bits per heavy atom. The number of aliphatic hydroxyl groups is 1. The lowest BCUT2D eigenvalue weighted by Gasteiger charge is -2.38. The Hall–Kier alpha value is -4.20. The number of ketones is 2. The van der Waals surface area contributed by atoms with E-state index in [0.717, 1.165) is 37.8 Å². The minimum absolute atomic E-state index is 0.0112. The van der Waals surface area contributed by atoms with Gasteiger partial charge in [-0.05, 0) is 36.8 Å². The summed E-state index contributed by atoms with van der Waals surface area (Å²) in [7, 11) is 0. The maximum absolute atomic E-state index is 15.1. The van der Waals surface area contributed by atoms with Gasteiger partial charge in [0.05, 0.1) is 11.1 Å². The van der Waals surface area contributed by atoms with Gasteiger partial charge in [-0.3, -0.25) is 19.2 Å². The van der Waals surface area contributed by atoms with Gasteiger partial charge in [-0.2, -0.15) is 0 Å². The topological polar surface area (TPSA) is 107 Å². The van der Waals surface area contributed by atoms with E-state index in [1.54, 1.807) is 35.2 Å². The number of nitrogens with zero attached hydrogens (tertiary/aromatic N) is 2. The van der Waals surface area contributed by atoms with Crippen molar-refractivity contribution in [3.63, 3.8) is 0 Å². The summed E-state index contributed by atoms with van der Waals surface area (Å²) in [4.78, 5) is 60.1. The SMILES string of the molecule is CC1(C)CC(=O)C2=C(C1)N(C1CCCCC1)C(=O)C21/C(=C(\O)c2ccccc2)C(=O)C(=O)N1CCNc1ccccc1. The van der Waals surface area contributed by atoms with Crippen molar-refractivity contribution >= 4 is 34.8 Å². The summed E-state index contributed by atoms with van der Waals surface area (Å²) in [6.07, 6.45) is 5.22. The first kappa shape index (κ1) is 27.9. The van der Waals surface area contributed by atoms with E-state index >= 15 is 4.79 Å². The summed E-state index contributed by atoms with van der Waals surface area (Å²) in [5, 5.41) is 15.0. The van der Waals surface area contributed by atoms with Gasteiger partial charge in [0.25, 0.3) is 17.6 Å². The normalized spacial score (nSPS) is 25.5. The standard InChI is InChI=1S/C34H37N3O5/c1-33(2)20-25-27(26(38)21-33)34(32(42)37(25)24-16-10-5-11-17-24)28(29(39)22-12-6-3-7-13-22)30(40)31(41)36(34)19-18-35-23-14-8-4-9-15-23/h3-4,6-9,12-15,24,35,39H,5,10-11,16-21H2,1-2H3/b29-28-. The molecule has 1 unspecified atom stereocenters. The quantitative estimate of drug-likeness (QED) is 0.288. The molecule has 1 saturated carbocycles. The van der Waals surface area contributed by atoms with Crippen LogP contribution in [0.1, 0.15) is 64.4 Å². The number of rotatable bonds is 6. The van der Waals surface area contributed by atoms with Gasteiger partial charge in [0, 0.05) is 42.5 Å². The van der Waals surface area contributed by atoms with Gasteiger partial charge >= 0.3 is 0 Å². The molecule has 2 N–H and O–H groups in total. The van der Waals surface area contributed by atoms with Crippen molar-refractivity contribution < 1.29 is 24.3 Å². The zero-order valence-electron chi connectivity index (χ0n) is 24.2. The molecule has 8 heteroatoms. The first-order chi connectivity index (χ1) is 20.2. The number of carbonyl (C=O) groups excluding carboxylic acids is 4. The van der Waals surface area contributed by atoms with Gasteiger partial charge in [0.2, 0.25) is 0 Å². The molecule has 2 amide bonds. The van der Waals surface area contributed by atoms with Crippen LogP contribution in [0.3, 0.4) is 0 Å². The minimum Gasteiger partial charge on any atom is -0.507 e. The third kappa shape index (κ3) is 4.35. The fraction of sp³-hybridized carbons (Fsp3) is 0.412. The van der Waals surface area contributed by atoms with E-state index in [9.17, 15) is 19.5 Å². The van der Waals surface area contributed by atoms with Gasteiger partial charge in [-0.15, -0.1) is 0 Å². The molecule has 0 aromatic heterocycles. The maximum atomic E-state index is 15.1. The molecule has 2 aromatic rings. The van der Waals surface area contributed by atoms with E-state index in [2.05, 4.69) is 5.32 Å². The lowest BCUT2D eigenvalue weighted by molar-refractivity contribution is -0.146. The molecule has 4 aliphatic rings. The van der Waals surface area contributed by atoms with E-state index in [4.69, 9.17) is 0 Å². The van der Waals surface area contributed by atoms with E-state index in [-0.39, 0.29) is 42.5 Å². The maximum Gasteiger partial charge on any atom is 0.296 e. The molecule has 2 aliphatic heterocycles. The highest BCUT2D eigenvalue weighted by Crippen LogP contribution is 2.55. The Labute approximate surface area is 246 Å². The second-order valence-corrected chi connectivity index (χ2v) is 12.6. The molecule has 2 aromatic carbocycles. The van der Waals surface area contributed by atoms with E-state index < -0.39 is 34.3 Å². The Morgan fingerprint density at radius 3 is 2.21 bits per heavy atom. The number of likely N-dealkylation sites (tertiary alicyclic amines) is 1. The van der Waals surface area contributed by atoms with Crippen LogP contribution in [0.5, 0.6) is 0 Å². The number of allylic oxidation sites excluding steroid dienone is 1. The number of Topliss-reactive ketones (excluding diaryl/α,β-unsaturated/α-hetero) is 2. The third-order valence-electron chi connectivity index (χ3n) is 9.13. The monoisotopic (exact) mass is 567 g/mol. The molecule has 2 heterocycles. The van der Waals surface area contributed by atoms with Crippen LogP contribution < -0.4 is 5.32 Å². The van der Waals surface area contributed by atoms with Gasteiger partial charge in [-0.1, -0.05) is 81.6 Å². The Balaban J connectivity index is 1.56. The molecule has 42 heavy (non-hydrogen) atoms. The number of amides is 2. The molecular weight excluding hydrogens is 530 g/mol. The number of hydrogen-bond acceptors (Lipinski definition) is 6. The zero-order chi connectivity index (χ0) is 29.6. The third-order valence-corrected chi connectivity index (χ3v) is 9.13. The van der Waals surface area contributed by atoms with Gasteiger partial charge in [0.1, 0.15) is 5.76 Å². The Kier molecular flexibility index (Phi) is 7.03. The van der Waals surface area contributed by atoms with E-state index in [1.807, 2.05) is 44.2 Å². The number of para-hydroxylation sites is 1. The summed E-state index contributed by atoms with van der Waals surface area (Å²) >= 11 is 0. The molecule has 6 rings (SSSR count). The van der Waals surface area contributed by atoms with Crippen molar-refractivity contribution in [2.75, 3.05) is 18.4 Å². The molecule has 0 bridgehead atoms. The lowest BCUT2D eigenvalue weighted by Crippen LogP contribution is -2.58. The van der Waals surface area contributed by atoms with Crippen molar-refractivity contribution in [3.05, 3.63) is 83.1 Å². The van der Waals surface area contributed by atoms with Crippen LogP contribution in [0.2, 0.25) is 0 Å². The van der Waals surface area contributed by atoms with E-state index in [0.29, 0.717) is 17.7 Å². The average Bonchev–Trinajstić information content (AvgIpc) is 3.35. The van der Waals surface area contributed by atoms with Crippen molar-refractivity contribution in [2.24, 2.45) is 5.41 Å². The number of fused-ring (bicyclic) bond motifs is 1. The van der Waals surface area contributed by atoms with Gasteiger partial charge < -0.3 is 20.2 Å². The summed E-state index contributed by atoms with van der Waals surface area (Å²) in [6, 6.07) is 17.8. The van der Waals surface area contributed by atoms with Crippen molar-refractivity contribution in [1.82, 2.24) is 9.80 Å². The van der Waals surface area contributed by atoms with Crippen molar-refractivity contribution in [2.45, 2.75) is 70.4 Å². The van der Waals surface area contributed by atoms with Crippen molar-refractivity contribution in [1.29, 1.82) is 0 Å². The van der Waals surface area contributed by atoms with Crippen LogP contribution in [0.15, 0.2) is 77.5 Å². The van der Waals surface area contributed by atoms with Crippen LogP contribution >= 0.6 is 0 Å².